The van der Waals surface area contributed by atoms with Crippen LogP contribution in [0.1, 0.15) is 50.2 Å². The van der Waals surface area contributed by atoms with Crippen LogP contribution in [-0.4, -0.2) is 16.8 Å². The van der Waals surface area contributed by atoms with Crippen molar-refractivity contribution >= 4 is 39.1 Å². The highest BCUT2D eigenvalue weighted by Crippen LogP contribution is 2.39. The van der Waals surface area contributed by atoms with Gasteiger partial charge in [0.2, 0.25) is 0 Å². The van der Waals surface area contributed by atoms with Crippen LogP contribution in [0.4, 0.5) is 5.00 Å². The molecule has 5 nitrogen and oxygen atoms in total. The van der Waals surface area contributed by atoms with Crippen LogP contribution in [0.15, 0.2) is 30.3 Å². The number of aryl methyl sites for hydroxylation is 1. The van der Waals surface area contributed by atoms with Crippen LogP contribution in [0, 0.1) is 12.8 Å². The van der Waals surface area contributed by atoms with Crippen molar-refractivity contribution in [2.45, 2.75) is 33.1 Å². The molecule has 138 valence electrons. The van der Waals surface area contributed by atoms with Gasteiger partial charge in [-0.2, -0.15) is 0 Å². The average Bonchev–Trinajstić information content (AvgIpc) is 2.97. The number of carbonyl (C=O) groups excluding carboxylic acids is 2. The fourth-order valence-corrected chi connectivity index (χ4v) is 5.18. The Morgan fingerprint density at radius 2 is 2.07 bits per heavy atom. The Balaban J connectivity index is 1.75. The summed E-state index contributed by atoms with van der Waals surface area (Å²) in [4.78, 5) is 30.8. The highest BCUT2D eigenvalue weighted by Gasteiger charge is 2.27. The second-order valence-corrected chi connectivity index (χ2v) is 8.31. The predicted octanol–water partition coefficient (Wildman–Crippen LogP) is 4.08. The summed E-state index contributed by atoms with van der Waals surface area (Å²) in [5.41, 5.74) is 9.24. The third-order valence-electron chi connectivity index (χ3n) is 5.07. The summed E-state index contributed by atoms with van der Waals surface area (Å²) in [5.74, 6) is -0.147. The number of nitrogens with zero attached hydrogens (tertiary/aromatic N) is 1. The molecular weight excluding hydrogens is 358 g/mol. The molecule has 4 rings (SSSR count). The van der Waals surface area contributed by atoms with Crippen molar-refractivity contribution < 1.29 is 9.59 Å². The molecule has 3 N–H and O–H groups in total. The second-order valence-electron chi connectivity index (χ2n) is 7.20. The quantitative estimate of drug-likeness (QED) is 0.719. The van der Waals surface area contributed by atoms with Gasteiger partial charge in [0.25, 0.3) is 11.8 Å². The summed E-state index contributed by atoms with van der Waals surface area (Å²) >= 11 is 1.48. The van der Waals surface area contributed by atoms with Gasteiger partial charge >= 0.3 is 0 Å². The molecular formula is C21H21N3O2S. The van der Waals surface area contributed by atoms with E-state index in [0.29, 0.717) is 22.0 Å². The summed E-state index contributed by atoms with van der Waals surface area (Å²) in [5, 5.41) is 4.30. The summed E-state index contributed by atoms with van der Waals surface area (Å²) in [7, 11) is 0. The summed E-state index contributed by atoms with van der Waals surface area (Å²) in [6, 6.07) is 9.33. The van der Waals surface area contributed by atoms with Gasteiger partial charge in [-0.1, -0.05) is 25.1 Å². The lowest BCUT2D eigenvalue weighted by molar-refractivity contribution is 0.1000. The minimum Gasteiger partial charge on any atom is -0.365 e. The molecule has 0 aliphatic heterocycles. The molecule has 0 saturated carbocycles. The first-order valence-electron chi connectivity index (χ1n) is 9.06. The number of thiophene rings is 1. The second kappa shape index (κ2) is 6.78. The average molecular weight is 379 g/mol. The van der Waals surface area contributed by atoms with Crippen LogP contribution in [0.3, 0.4) is 0 Å². The first-order chi connectivity index (χ1) is 12.9. The largest absolute Gasteiger partial charge is 0.365 e. The number of para-hydroxylation sites is 1. The monoisotopic (exact) mass is 379 g/mol. The van der Waals surface area contributed by atoms with Crippen molar-refractivity contribution in [3.63, 3.8) is 0 Å². The number of anilines is 1. The summed E-state index contributed by atoms with van der Waals surface area (Å²) in [6.07, 6.45) is 2.79. The van der Waals surface area contributed by atoms with Crippen LogP contribution in [0.5, 0.6) is 0 Å². The molecule has 0 spiro atoms. The number of hydrogen-bond donors (Lipinski definition) is 2. The summed E-state index contributed by atoms with van der Waals surface area (Å²) in [6.45, 7) is 4.07. The highest BCUT2D eigenvalue weighted by molar-refractivity contribution is 7.17. The molecule has 1 aliphatic rings. The highest BCUT2D eigenvalue weighted by atomic mass is 32.1. The van der Waals surface area contributed by atoms with Crippen LogP contribution in [-0.2, 0) is 12.8 Å². The number of hydrogen-bond acceptors (Lipinski definition) is 4. The maximum Gasteiger partial charge on any atom is 0.257 e. The maximum atomic E-state index is 13.0. The zero-order valence-corrected chi connectivity index (χ0v) is 16.2. The van der Waals surface area contributed by atoms with Crippen LogP contribution in [0.2, 0.25) is 0 Å². The molecule has 0 fully saturated rings. The lowest BCUT2D eigenvalue weighted by Gasteiger charge is -2.18. The topological polar surface area (TPSA) is 85.1 Å². The van der Waals surface area contributed by atoms with Gasteiger partial charge in [0.1, 0.15) is 5.00 Å². The van der Waals surface area contributed by atoms with E-state index in [1.165, 1.54) is 11.3 Å². The minimum atomic E-state index is -0.479. The van der Waals surface area contributed by atoms with Crippen molar-refractivity contribution in [3.8, 4) is 0 Å². The van der Waals surface area contributed by atoms with Gasteiger partial charge in [0.05, 0.1) is 16.6 Å². The molecule has 1 atom stereocenters. The SMILES string of the molecule is Cc1cc(C(=O)Nc2sc3c(c2C(N)=O)CCC(C)C3)c2ccccc2n1. The number of carbonyl (C=O) groups is 2. The zero-order valence-electron chi connectivity index (χ0n) is 15.3. The van der Waals surface area contributed by atoms with Gasteiger partial charge < -0.3 is 11.1 Å². The van der Waals surface area contributed by atoms with Gasteiger partial charge in [-0.05, 0) is 49.8 Å². The molecule has 2 amide bonds. The Morgan fingerprint density at radius 1 is 1.30 bits per heavy atom. The standard InChI is InChI=1S/C21H21N3O2S/c1-11-7-8-14-17(9-11)27-21(18(14)19(22)25)24-20(26)15-10-12(2)23-16-6-4-3-5-13(15)16/h3-6,10-11H,7-9H2,1-2H3,(H2,22,25)(H,24,26). The number of amides is 2. The van der Waals surface area contributed by atoms with Crippen molar-refractivity contribution in [1.82, 2.24) is 4.98 Å². The van der Waals surface area contributed by atoms with E-state index in [-0.39, 0.29) is 5.91 Å². The van der Waals surface area contributed by atoms with E-state index in [4.69, 9.17) is 5.73 Å². The number of nitrogens with one attached hydrogen (secondary N) is 1. The molecule has 0 bridgehead atoms. The third-order valence-corrected chi connectivity index (χ3v) is 6.24. The molecule has 0 radical (unpaired) electrons. The minimum absolute atomic E-state index is 0.245. The molecule has 1 aliphatic carbocycles. The lowest BCUT2D eigenvalue weighted by atomic mass is 9.88. The molecule has 3 aromatic rings. The van der Waals surface area contributed by atoms with Crippen molar-refractivity contribution in [2.24, 2.45) is 11.7 Å². The van der Waals surface area contributed by atoms with Gasteiger partial charge in [0, 0.05) is 16.0 Å². The van der Waals surface area contributed by atoms with E-state index in [9.17, 15) is 9.59 Å². The van der Waals surface area contributed by atoms with E-state index < -0.39 is 5.91 Å². The van der Waals surface area contributed by atoms with Crippen LogP contribution < -0.4 is 11.1 Å². The van der Waals surface area contributed by atoms with Crippen LogP contribution in [0.25, 0.3) is 10.9 Å². The van der Waals surface area contributed by atoms with E-state index in [1.807, 2.05) is 31.2 Å². The number of benzene rings is 1. The van der Waals surface area contributed by atoms with E-state index in [1.54, 1.807) is 6.07 Å². The lowest BCUT2D eigenvalue weighted by Crippen LogP contribution is -2.19. The normalized spacial score (nSPS) is 16.1. The predicted molar refractivity (Wildman–Crippen MR) is 108 cm³/mol. The fourth-order valence-electron chi connectivity index (χ4n) is 3.77. The number of pyridine rings is 1. The van der Waals surface area contributed by atoms with E-state index in [2.05, 4.69) is 17.2 Å². The number of nitrogens with two attached hydrogens (primary N) is 1. The number of fused-ring (bicyclic) bond motifs is 2. The number of primary amides is 1. The molecule has 0 saturated heterocycles. The number of rotatable bonds is 3. The first kappa shape index (κ1) is 17.7. The van der Waals surface area contributed by atoms with E-state index >= 15 is 0 Å². The molecule has 1 aromatic carbocycles. The van der Waals surface area contributed by atoms with Gasteiger partial charge in [-0.3, -0.25) is 14.6 Å². The Hall–Kier alpha value is -2.73. The molecule has 2 aromatic heterocycles. The van der Waals surface area contributed by atoms with Gasteiger partial charge in [-0.25, -0.2) is 0 Å². The Morgan fingerprint density at radius 3 is 2.85 bits per heavy atom. The molecule has 6 heteroatoms. The number of aromatic nitrogens is 1. The molecule has 27 heavy (non-hydrogen) atoms. The zero-order chi connectivity index (χ0) is 19.1. The molecule has 2 heterocycles. The summed E-state index contributed by atoms with van der Waals surface area (Å²) < 4.78 is 0. The third kappa shape index (κ3) is 3.21. The first-order valence-corrected chi connectivity index (χ1v) is 9.87. The van der Waals surface area contributed by atoms with Crippen molar-refractivity contribution in [2.75, 3.05) is 5.32 Å². The van der Waals surface area contributed by atoms with Crippen molar-refractivity contribution in [1.29, 1.82) is 0 Å². The van der Waals surface area contributed by atoms with Gasteiger partial charge in [0.15, 0.2) is 0 Å². The Labute approximate surface area is 161 Å². The Bertz CT molecular complexity index is 1070. The van der Waals surface area contributed by atoms with Gasteiger partial charge in [-0.15, -0.1) is 11.3 Å². The Kier molecular flexibility index (Phi) is 4.44. The van der Waals surface area contributed by atoms with E-state index in [0.717, 1.165) is 46.3 Å². The van der Waals surface area contributed by atoms with Crippen molar-refractivity contribution in [3.05, 3.63) is 57.6 Å². The smallest absolute Gasteiger partial charge is 0.257 e. The fraction of sp³-hybridized carbons (Fsp3) is 0.286. The maximum absolute atomic E-state index is 13.0. The van der Waals surface area contributed by atoms with Crippen LogP contribution >= 0.6 is 11.3 Å². The molecule has 1 unspecified atom stereocenters.